The van der Waals surface area contributed by atoms with Crippen LogP contribution in [0.2, 0.25) is 0 Å². The van der Waals surface area contributed by atoms with Crippen LogP contribution in [0.1, 0.15) is 22.5 Å². The molecule has 12 heteroatoms. The van der Waals surface area contributed by atoms with Crippen LogP contribution in [0.25, 0.3) is 32.9 Å². The lowest BCUT2D eigenvalue weighted by Crippen LogP contribution is -2.47. The number of fused-ring (bicyclic) bond motifs is 7. The molecule has 270 valence electrons. The number of methoxy groups -OCH3 is 1. The number of rotatable bonds is 7. The monoisotopic (exact) mass is 712 g/mol. The van der Waals surface area contributed by atoms with Gasteiger partial charge in [0.1, 0.15) is 22.9 Å². The molecule has 11 nitrogen and oxygen atoms in total. The van der Waals surface area contributed by atoms with Crippen molar-refractivity contribution in [3.63, 3.8) is 0 Å². The maximum Gasteiger partial charge on any atom is 0.298 e. The number of nitrogens with zero attached hydrogens (tertiary/aromatic N) is 6. The van der Waals surface area contributed by atoms with Gasteiger partial charge in [0.05, 0.1) is 44.8 Å². The molecule has 3 aliphatic rings. The second-order valence-electron chi connectivity index (χ2n) is 14.5. The maximum absolute atomic E-state index is 13.9. The number of likely N-dealkylation sites (N-methyl/N-ethyl adjacent to an activating group) is 1. The van der Waals surface area contributed by atoms with Gasteiger partial charge in [-0.3, -0.25) is 0 Å². The van der Waals surface area contributed by atoms with E-state index in [1.54, 1.807) is 13.2 Å². The number of anilines is 4. The summed E-state index contributed by atoms with van der Waals surface area (Å²) in [6.45, 7) is 6.10. The van der Waals surface area contributed by atoms with E-state index < -0.39 is 0 Å². The number of halogens is 1. The molecule has 1 fully saturated rings. The Morgan fingerprint density at radius 1 is 0.849 bits per heavy atom. The van der Waals surface area contributed by atoms with Crippen LogP contribution >= 0.6 is 0 Å². The molecule has 4 aromatic heterocycles. The largest absolute Gasteiger partial charge is 0.497 e. The van der Waals surface area contributed by atoms with Crippen molar-refractivity contribution < 1.29 is 18.3 Å². The minimum absolute atomic E-state index is 0.0352. The highest BCUT2D eigenvalue weighted by atomic mass is 19.1. The predicted octanol–water partition coefficient (Wildman–Crippen LogP) is 6.80. The van der Waals surface area contributed by atoms with E-state index in [0.717, 1.165) is 108 Å². The number of pyridine rings is 1. The fraction of sp³-hybridized carbons (Fsp3) is 0.317. The molecule has 0 spiro atoms. The van der Waals surface area contributed by atoms with E-state index in [9.17, 15) is 4.39 Å². The topological polar surface area (TPSA) is 102 Å². The normalized spacial score (nSPS) is 17.5. The lowest BCUT2D eigenvalue weighted by atomic mass is 10.0. The third-order valence-electron chi connectivity index (χ3n) is 11.2. The van der Waals surface area contributed by atoms with Gasteiger partial charge < -0.3 is 43.5 Å². The highest BCUT2D eigenvalue weighted by Crippen LogP contribution is 2.35. The van der Waals surface area contributed by atoms with Crippen molar-refractivity contribution in [3.05, 3.63) is 101 Å². The molecule has 0 bridgehead atoms. The zero-order valence-corrected chi connectivity index (χ0v) is 29.9. The van der Waals surface area contributed by atoms with E-state index in [4.69, 9.17) is 23.9 Å². The predicted molar refractivity (Wildman–Crippen MR) is 206 cm³/mol. The zero-order valence-electron chi connectivity index (χ0n) is 29.9. The summed E-state index contributed by atoms with van der Waals surface area (Å²) in [6.07, 6.45) is 3.75. The molecule has 0 aliphatic carbocycles. The van der Waals surface area contributed by atoms with Crippen LogP contribution < -0.4 is 24.3 Å². The molecule has 7 heterocycles. The molecule has 10 rings (SSSR count). The average Bonchev–Trinajstić information content (AvgIpc) is 3.90. The third-order valence-corrected chi connectivity index (χ3v) is 11.2. The number of oxazole rings is 1. The van der Waals surface area contributed by atoms with Crippen molar-refractivity contribution in [2.75, 3.05) is 73.1 Å². The maximum atomic E-state index is 13.9. The van der Waals surface area contributed by atoms with Crippen molar-refractivity contribution >= 4 is 56.1 Å². The van der Waals surface area contributed by atoms with Gasteiger partial charge in [-0.15, -0.1) is 0 Å². The number of aromatic amines is 2. The van der Waals surface area contributed by atoms with E-state index >= 15 is 0 Å². The molecular weight excluding hydrogens is 672 g/mol. The Morgan fingerprint density at radius 2 is 1.58 bits per heavy atom. The molecule has 0 saturated carbocycles. The first-order chi connectivity index (χ1) is 26.0. The number of hydrogen-bond acceptors (Lipinski definition) is 9. The van der Waals surface area contributed by atoms with Gasteiger partial charge in [-0.1, -0.05) is 0 Å². The first-order valence-electron chi connectivity index (χ1n) is 18.4. The summed E-state index contributed by atoms with van der Waals surface area (Å²) in [6, 6.07) is 22.3. The number of H-pyrrole nitrogens is 2. The SMILES string of the molecule is COc1ccc2[nH]c3c(c2c1)CCN(c1ccc2oc(N(C)CC4CN(c5ccc(N6CCc7c([nH]c8ccc(F)cc78)C6)cn5)CCO4)nc2c1)C3. The summed E-state index contributed by atoms with van der Waals surface area (Å²) in [5, 5.41) is 2.24. The molecule has 3 aromatic carbocycles. The zero-order chi connectivity index (χ0) is 35.6. The van der Waals surface area contributed by atoms with Gasteiger partial charge in [0, 0.05) is 78.7 Å². The number of nitrogens with one attached hydrogen (secondary N) is 2. The van der Waals surface area contributed by atoms with Crippen LogP contribution in [-0.4, -0.2) is 79.5 Å². The Hall–Kier alpha value is -5.75. The Labute approximate surface area is 305 Å². The molecule has 0 radical (unpaired) electrons. The molecule has 0 amide bonds. The minimum atomic E-state index is -0.194. The van der Waals surface area contributed by atoms with E-state index in [1.165, 1.54) is 28.3 Å². The first-order valence-corrected chi connectivity index (χ1v) is 18.4. The number of benzene rings is 3. The Morgan fingerprint density at radius 3 is 2.34 bits per heavy atom. The molecule has 1 saturated heterocycles. The highest BCUT2D eigenvalue weighted by molar-refractivity contribution is 5.87. The van der Waals surface area contributed by atoms with E-state index in [2.05, 4.69) is 61.1 Å². The van der Waals surface area contributed by atoms with Crippen LogP contribution in [0, 0.1) is 5.82 Å². The molecule has 3 aliphatic heterocycles. The fourth-order valence-corrected chi connectivity index (χ4v) is 8.44. The van der Waals surface area contributed by atoms with E-state index in [1.807, 2.05) is 36.3 Å². The summed E-state index contributed by atoms with van der Waals surface area (Å²) in [4.78, 5) is 26.0. The second-order valence-corrected chi connectivity index (χ2v) is 14.5. The Kier molecular flexibility index (Phi) is 7.67. The smallest absolute Gasteiger partial charge is 0.298 e. The summed E-state index contributed by atoms with van der Waals surface area (Å²) in [5.74, 6) is 1.63. The van der Waals surface area contributed by atoms with Crippen molar-refractivity contribution in [2.24, 2.45) is 0 Å². The van der Waals surface area contributed by atoms with Gasteiger partial charge in [0.15, 0.2) is 5.58 Å². The third kappa shape index (κ3) is 5.77. The van der Waals surface area contributed by atoms with Crippen LogP contribution in [0.5, 0.6) is 5.75 Å². The summed E-state index contributed by atoms with van der Waals surface area (Å²) in [7, 11) is 3.72. The molecule has 1 atom stereocenters. The average molecular weight is 713 g/mol. The molecule has 2 N–H and O–H groups in total. The summed E-state index contributed by atoms with van der Waals surface area (Å²) < 4.78 is 31.8. The van der Waals surface area contributed by atoms with Crippen molar-refractivity contribution in [1.29, 1.82) is 0 Å². The van der Waals surface area contributed by atoms with Gasteiger partial charge in [-0.05, 0) is 90.7 Å². The van der Waals surface area contributed by atoms with Crippen molar-refractivity contribution in [2.45, 2.75) is 32.0 Å². The van der Waals surface area contributed by atoms with E-state index in [-0.39, 0.29) is 11.9 Å². The van der Waals surface area contributed by atoms with Crippen LogP contribution in [0.4, 0.5) is 27.6 Å². The number of ether oxygens (including phenoxy) is 2. The van der Waals surface area contributed by atoms with Crippen molar-refractivity contribution in [3.8, 4) is 5.75 Å². The molecular formula is C41H41FN8O3. The molecule has 7 aromatic rings. The van der Waals surface area contributed by atoms with Crippen LogP contribution in [0.15, 0.2) is 77.3 Å². The van der Waals surface area contributed by atoms with Crippen LogP contribution in [0.3, 0.4) is 0 Å². The van der Waals surface area contributed by atoms with Gasteiger partial charge in [-0.25, -0.2) is 9.37 Å². The lowest BCUT2D eigenvalue weighted by molar-refractivity contribution is 0.0451. The number of aromatic nitrogens is 4. The minimum Gasteiger partial charge on any atom is -0.497 e. The molecule has 1 unspecified atom stereocenters. The Balaban J connectivity index is 0.782. The van der Waals surface area contributed by atoms with Gasteiger partial charge in [0.2, 0.25) is 0 Å². The quantitative estimate of drug-likeness (QED) is 0.185. The summed E-state index contributed by atoms with van der Waals surface area (Å²) in [5.41, 5.74) is 11.0. The van der Waals surface area contributed by atoms with Gasteiger partial charge in [-0.2, -0.15) is 4.98 Å². The molecule has 53 heavy (non-hydrogen) atoms. The lowest BCUT2D eigenvalue weighted by Gasteiger charge is -2.35. The number of morpholine rings is 1. The summed E-state index contributed by atoms with van der Waals surface area (Å²) >= 11 is 0. The fourth-order valence-electron chi connectivity index (χ4n) is 8.44. The number of hydrogen-bond donors (Lipinski definition) is 2. The highest BCUT2D eigenvalue weighted by Gasteiger charge is 2.27. The first kappa shape index (κ1) is 31.9. The van der Waals surface area contributed by atoms with Gasteiger partial charge in [0.25, 0.3) is 6.01 Å². The second kappa shape index (κ2) is 12.7. The Bertz CT molecular complexity index is 2470. The van der Waals surface area contributed by atoms with Gasteiger partial charge >= 0.3 is 0 Å². The van der Waals surface area contributed by atoms with E-state index in [0.29, 0.717) is 19.2 Å². The standard InChI is InChI=1S/C41H41FN8O3/c1-47(41-46-36-18-26(4-9-39(36)53-41)48-13-11-31-33-19-28(51-2)6-8-35(33)45-37(31)23-48)21-29-22-50(15-16-52-29)40-10-5-27(20-43-40)49-14-12-30-32-17-25(42)3-7-34(32)44-38(30)24-49/h3-10,17-20,29,44-45H,11-16,21-24H2,1-2H3. The van der Waals surface area contributed by atoms with Crippen molar-refractivity contribution in [1.82, 2.24) is 19.9 Å². The van der Waals surface area contributed by atoms with Crippen LogP contribution in [-0.2, 0) is 30.7 Å².